The highest BCUT2D eigenvalue weighted by Gasteiger charge is 2.18. The Labute approximate surface area is 138 Å². The van der Waals surface area contributed by atoms with Crippen molar-refractivity contribution in [1.29, 1.82) is 0 Å². The molecule has 0 saturated carbocycles. The second-order valence-electron chi connectivity index (χ2n) is 4.85. The van der Waals surface area contributed by atoms with Gasteiger partial charge in [0.15, 0.2) is 5.76 Å². The van der Waals surface area contributed by atoms with E-state index < -0.39 is 5.97 Å². The molecule has 1 amide bonds. The quantitative estimate of drug-likeness (QED) is 0.785. The van der Waals surface area contributed by atoms with Gasteiger partial charge in [0.05, 0.1) is 6.61 Å². The zero-order valence-electron chi connectivity index (χ0n) is 12.5. The maximum atomic E-state index is 12.1. The lowest BCUT2D eigenvalue weighted by atomic mass is 10.3. The molecule has 0 saturated heterocycles. The molecule has 0 aliphatic heterocycles. The predicted molar refractivity (Wildman–Crippen MR) is 84.2 cm³/mol. The molecule has 0 spiro atoms. The van der Waals surface area contributed by atoms with Gasteiger partial charge in [-0.05, 0) is 42.8 Å². The fraction of sp³-hybridized carbons (Fsp3) is 0.250. The van der Waals surface area contributed by atoms with Gasteiger partial charge in [0, 0.05) is 18.6 Å². The Bertz CT molecular complexity index is 680. The molecule has 0 aliphatic carbocycles. The van der Waals surface area contributed by atoms with Crippen LogP contribution in [-0.2, 0) is 0 Å². The highest BCUT2D eigenvalue weighted by atomic mass is 35.5. The van der Waals surface area contributed by atoms with Crippen LogP contribution in [-0.4, -0.2) is 42.1 Å². The first kappa shape index (κ1) is 16.9. The van der Waals surface area contributed by atoms with E-state index in [4.69, 9.17) is 25.9 Å². The molecule has 0 aliphatic rings. The molecule has 0 unspecified atom stereocenters. The molecule has 1 aromatic carbocycles. The van der Waals surface area contributed by atoms with Crippen LogP contribution >= 0.6 is 11.6 Å². The van der Waals surface area contributed by atoms with Crippen molar-refractivity contribution >= 4 is 23.5 Å². The Hall–Kier alpha value is -2.47. The number of benzene rings is 1. The maximum Gasteiger partial charge on any atom is 0.371 e. The van der Waals surface area contributed by atoms with Crippen molar-refractivity contribution in [1.82, 2.24) is 4.90 Å². The number of hydrogen-bond acceptors (Lipinski definition) is 4. The van der Waals surface area contributed by atoms with Crippen molar-refractivity contribution in [3.63, 3.8) is 0 Å². The average molecular weight is 338 g/mol. The summed E-state index contributed by atoms with van der Waals surface area (Å²) in [5.41, 5.74) is 0. The number of hydrogen-bond donors (Lipinski definition) is 1. The molecule has 0 atom stereocenters. The third-order valence-electron chi connectivity index (χ3n) is 3.09. The topological polar surface area (TPSA) is 80.0 Å². The molecule has 1 heterocycles. The number of halogens is 1. The van der Waals surface area contributed by atoms with E-state index in [1.807, 2.05) is 0 Å². The van der Waals surface area contributed by atoms with Gasteiger partial charge >= 0.3 is 5.97 Å². The van der Waals surface area contributed by atoms with Crippen LogP contribution in [0.1, 0.15) is 27.5 Å². The van der Waals surface area contributed by atoms with E-state index in [0.29, 0.717) is 30.3 Å². The number of amides is 1. The van der Waals surface area contributed by atoms with Gasteiger partial charge in [0.25, 0.3) is 5.91 Å². The number of carbonyl (C=O) groups is 2. The molecule has 0 radical (unpaired) electrons. The monoisotopic (exact) mass is 337 g/mol. The summed E-state index contributed by atoms with van der Waals surface area (Å²) in [6.07, 6.45) is 0.622. The summed E-state index contributed by atoms with van der Waals surface area (Å²) in [4.78, 5) is 24.2. The van der Waals surface area contributed by atoms with Gasteiger partial charge in [-0.15, -0.1) is 0 Å². The summed E-state index contributed by atoms with van der Waals surface area (Å²) >= 11 is 5.78. The van der Waals surface area contributed by atoms with Gasteiger partial charge < -0.3 is 19.2 Å². The summed E-state index contributed by atoms with van der Waals surface area (Å²) in [5, 5.41) is 9.41. The van der Waals surface area contributed by atoms with E-state index in [1.165, 1.54) is 17.0 Å². The molecule has 0 fully saturated rings. The number of ether oxygens (including phenoxy) is 1. The number of nitrogens with zero attached hydrogens (tertiary/aromatic N) is 1. The van der Waals surface area contributed by atoms with Gasteiger partial charge in [-0.3, -0.25) is 4.79 Å². The third-order valence-corrected chi connectivity index (χ3v) is 3.35. The number of furan rings is 1. The van der Waals surface area contributed by atoms with Crippen LogP contribution in [0, 0.1) is 0 Å². The van der Waals surface area contributed by atoms with Crippen molar-refractivity contribution in [2.45, 2.75) is 6.42 Å². The van der Waals surface area contributed by atoms with Gasteiger partial charge in [0.2, 0.25) is 5.76 Å². The van der Waals surface area contributed by atoms with Crippen LogP contribution in [0.5, 0.6) is 5.75 Å². The third kappa shape index (κ3) is 4.75. The molecule has 1 N–H and O–H groups in total. The normalized spacial score (nSPS) is 10.3. The lowest BCUT2D eigenvalue weighted by Crippen LogP contribution is -2.28. The number of carbonyl (C=O) groups excluding carboxylic acids is 1. The first-order chi connectivity index (χ1) is 11.0. The summed E-state index contributed by atoms with van der Waals surface area (Å²) in [7, 11) is 1.62. The first-order valence-electron chi connectivity index (χ1n) is 6.94. The summed E-state index contributed by atoms with van der Waals surface area (Å²) in [5.74, 6) is -1.12. The minimum atomic E-state index is -1.21. The van der Waals surface area contributed by atoms with Gasteiger partial charge in [-0.25, -0.2) is 4.79 Å². The predicted octanol–water partition coefficient (Wildman–Crippen LogP) is 3.17. The zero-order chi connectivity index (χ0) is 16.8. The molecular weight excluding hydrogens is 322 g/mol. The van der Waals surface area contributed by atoms with Gasteiger partial charge in [-0.2, -0.15) is 0 Å². The summed E-state index contributed by atoms with van der Waals surface area (Å²) < 4.78 is 10.5. The van der Waals surface area contributed by atoms with Crippen molar-refractivity contribution in [2.24, 2.45) is 0 Å². The number of carboxylic acid groups (broad SMARTS) is 1. The second kappa shape index (κ2) is 7.69. The van der Waals surface area contributed by atoms with Crippen molar-refractivity contribution < 1.29 is 23.8 Å². The largest absolute Gasteiger partial charge is 0.494 e. The average Bonchev–Trinajstić information content (AvgIpc) is 3.02. The molecule has 6 nitrogen and oxygen atoms in total. The van der Waals surface area contributed by atoms with Crippen LogP contribution in [0.3, 0.4) is 0 Å². The molecule has 23 heavy (non-hydrogen) atoms. The van der Waals surface area contributed by atoms with Gasteiger partial charge in [0.1, 0.15) is 5.75 Å². The minimum absolute atomic E-state index is 0.00326. The lowest BCUT2D eigenvalue weighted by molar-refractivity contribution is 0.0653. The van der Waals surface area contributed by atoms with Crippen molar-refractivity contribution in [3.05, 3.63) is 52.9 Å². The maximum absolute atomic E-state index is 12.1. The van der Waals surface area contributed by atoms with E-state index in [1.54, 1.807) is 31.3 Å². The SMILES string of the molecule is CN(CCCOc1ccc(Cl)cc1)C(=O)c1ccc(C(=O)O)o1. The number of aromatic carboxylic acids is 1. The molecule has 1 aromatic heterocycles. The van der Waals surface area contributed by atoms with E-state index >= 15 is 0 Å². The Morgan fingerprint density at radius 1 is 1.17 bits per heavy atom. The second-order valence-corrected chi connectivity index (χ2v) is 5.29. The van der Waals surface area contributed by atoms with Gasteiger partial charge in [-0.1, -0.05) is 11.6 Å². The summed E-state index contributed by atoms with van der Waals surface area (Å²) in [6.45, 7) is 0.896. The van der Waals surface area contributed by atoms with Crippen LogP contribution in [0.15, 0.2) is 40.8 Å². The van der Waals surface area contributed by atoms with Crippen molar-refractivity contribution in [3.8, 4) is 5.75 Å². The van der Waals surface area contributed by atoms with Crippen molar-refractivity contribution in [2.75, 3.05) is 20.2 Å². The van der Waals surface area contributed by atoms with E-state index in [-0.39, 0.29) is 17.4 Å². The Morgan fingerprint density at radius 2 is 1.83 bits per heavy atom. The fourth-order valence-corrected chi connectivity index (χ4v) is 2.01. The lowest BCUT2D eigenvalue weighted by Gasteiger charge is -2.15. The zero-order valence-corrected chi connectivity index (χ0v) is 13.2. The van der Waals surface area contributed by atoms with Crippen LogP contribution in [0.4, 0.5) is 0 Å². The molecule has 7 heteroatoms. The van der Waals surface area contributed by atoms with E-state index in [9.17, 15) is 9.59 Å². The fourth-order valence-electron chi connectivity index (χ4n) is 1.88. The summed E-state index contributed by atoms with van der Waals surface area (Å²) in [6, 6.07) is 9.63. The standard InChI is InChI=1S/C16H16ClNO5/c1-18(15(19)13-7-8-14(23-13)16(20)21)9-2-10-22-12-5-3-11(17)4-6-12/h3-8H,2,9-10H2,1H3,(H,20,21). The van der Waals surface area contributed by atoms with E-state index in [2.05, 4.69) is 0 Å². The Morgan fingerprint density at radius 3 is 2.43 bits per heavy atom. The molecular formula is C16H16ClNO5. The number of carboxylic acids is 1. The highest BCUT2D eigenvalue weighted by molar-refractivity contribution is 6.30. The van der Waals surface area contributed by atoms with E-state index in [0.717, 1.165) is 0 Å². The molecule has 122 valence electrons. The Kier molecular flexibility index (Phi) is 5.65. The molecule has 2 rings (SSSR count). The van der Waals surface area contributed by atoms with Crippen LogP contribution in [0.25, 0.3) is 0 Å². The first-order valence-corrected chi connectivity index (χ1v) is 7.32. The number of rotatable bonds is 7. The minimum Gasteiger partial charge on any atom is -0.494 e. The molecule has 2 aromatic rings. The highest BCUT2D eigenvalue weighted by Crippen LogP contribution is 2.15. The van der Waals surface area contributed by atoms with Crippen LogP contribution in [0.2, 0.25) is 5.02 Å². The Balaban J connectivity index is 1.77. The smallest absolute Gasteiger partial charge is 0.371 e. The van der Waals surface area contributed by atoms with Crippen LogP contribution < -0.4 is 4.74 Å². The molecule has 0 bridgehead atoms.